The second-order valence-corrected chi connectivity index (χ2v) is 4.03. The van der Waals surface area contributed by atoms with Gasteiger partial charge in [-0.15, -0.1) is 0 Å². The number of halogens is 1. The lowest BCUT2D eigenvalue weighted by Gasteiger charge is -2.19. The molecule has 0 radical (unpaired) electrons. The summed E-state index contributed by atoms with van der Waals surface area (Å²) in [6.07, 6.45) is 0.645. The molecular weight excluding hydrogens is 193 g/mol. The second-order valence-electron chi connectivity index (χ2n) is 4.03. The molecule has 1 atom stereocenters. The maximum atomic E-state index is 12.9. The Hall–Kier alpha value is -0.930. The summed E-state index contributed by atoms with van der Waals surface area (Å²) in [4.78, 5) is 0. The van der Waals surface area contributed by atoms with Crippen LogP contribution in [0.15, 0.2) is 24.3 Å². The van der Waals surface area contributed by atoms with Gasteiger partial charge in [0, 0.05) is 12.1 Å². The molecule has 84 valence electrons. The molecule has 1 aromatic rings. The fraction of sp³-hybridized carbons (Fsp3) is 0.500. The van der Waals surface area contributed by atoms with E-state index >= 15 is 0 Å². The Morgan fingerprint density at radius 2 is 2.13 bits per heavy atom. The average molecular weight is 211 g/mol. The van der Waals surface area contributed by atoms with Crippen LogP contribution in [0, 0.1) is 5.82 Å². The van der Waals surface area contributed by atoms with Crippen molar-refractivity contribution in [1.29, 1.82) is 0 Å². The molecule has 0 bridgehead atoms. The number of aliphatic hydroxyl groups is 1. The van der Waals surface area contributed by atoms with Crippen LogP contribution in [0.5, 0.6) is 0 Å². The zero-order chi connectivity index (χ0) is 11.3. The first-order valence-corrected chi connectivity index (χ1v) is 5.23. The smallest absolute Gasteiger partial charge is 0.123 e. The third-order valence-corrected chi connectivity index (χ3v) is 2.16. The summed E-state index contributed by atoms with van der Waals surface area (Å²) in [5.41, 5.74) is 0.905. The second kappa shape index (κ2) is 5.83. The minimum Gasteiger partial charge on any atom is -0.395 e. The van der Waals surface area contributed by atoms with Crippen LogP contribution in [0.2, 0.25) is 0 Å². The lowest BCUT2D eigenvalue weighted by Crippen LogP contribution is -2.39. The maximum Gasteiger partial charge on any atom is 0.123 e. The molecule has 0 fully saturated rings. The van der Waals surface area contributed by atoms with Gasteiger partial charge in [-0.1, -0.05) is 26.0 Å². The predicted octanol–water partition coefficient (Wildman–Crippen LogP) is 1.73. The summed E-state index contributed by atoms with van der Waals surface area (Å²) >= 11 is 0. The van der Waals surface area contributed by atoms with E-state index in [1.807, 2.05) is 19.9 Å². The molecule has 0 spiro atoms. The van der Waals surface area contributed by atoms with Crippen LogP contribution in [-0.4, -0.2) is 23.8 Å². The van der Waals surface area contributed by atoms with Gasteiger partial charge in [-0.3, -0.25) is 0 Å². The monoisotopic (exact) mass is 211 g/mol. The average Bonchev–Trinajstić information content (AvgIpc) is 2.16. The Morgan fingerprint density at radius 1 is 1.40 bits per heavy atom. The molecule has 1 aromatic carbocycles. The molecule has 0 saturated carbocycles. The van der Waals surface area contributed by atoms with Crippen LogP contribution in [0.3, 0.4) is 0 Å². The van der Waals surface area contributed by atoms with Crippen LogP contribution in [0.4, 0.5) is 4.39 Å². The van der Waals surface area contributed by atoms with Gasteiger partial charge in [0.15, 0.2) is 0 Å². The number of hydrogen-bond acceptors (Lipinski definition) is 2. The van der Waals surface area contributed by atoms with Crippen molar-refractivity contribution in [1.82, 2.24) is 5.32 Å². The normalized spacial score (nSPS) is 13.1. The number of rotatable bonds is 5. The minimum absolute atomic E-state index is 0.00759. The number of nitrogens with one attached hydrogen (secondary N) is 1. The van der Waals surface area contributed by atoms with E-state index in [9.17, 15) is 4.39 Å². The van der Waals surface area contributed by atoms with Crippen LogP contribution >= 0.6 is 0 Å². The molecule has 2 N–H and O–H groups in total. The third kappa shape index (κ3) is 4.40. The summed E-state index contributed by atoms with van der Waals surface area (Å²) in [7, 11) is 0. The van der Waals surface area contributed by atoms with Gasteiger partial charge in [-0.05, 0) is 24.1 Å². The fourth-order valence-electron chi connectivity index (χ4n) is 1.60. The summed E-state index contributed by atoms with van der Waals surface area (Å²) in [6, 6.07) is 6.79. The highest BCUT2D eigenvalue weighted by Gasteiger charge is 2.09. The number of aliphatic hydroxyl groups excluding tert-OH is 1. The van der Waals surface area contributed by atoms with E-state index in [0.29, 0.717) is 12.5 Å². The fourth-order valence-corrected chi connectivity index (χ4v) is 1.60. The van der Waals surface area contributed by atoms with Crippen LogP contribution in [0.1, 0.15) is 19.4 Å². The largest absolute Gasteiger partial charge is 0.395 e. The van der Waals surface area contributed by atoms with Crippen LogP contribution < -0.4 is 5.32 Å². The quantitative estimate of drug-likeness (QED) is 0.777. The topological polar surface area (TPSA) is 32.3 Å². The first kappa shape index (κ1) is 12.1. The molecule has 1 unspecified atom stereocenters. The number of benzene rings is 1. The van der Waals surface area contributed by atoms with Crippen molar-refractivity contribution in [3.05, 3.63) is 35.6 Å². The third-order valence-electron chi connectivity index (χ3n) is 2.16. The molecule has 0 amide bonds. The van der Waals surface area contributed by atoms with Crippen molar-refractivity contribution in [2.45, 2.75) is 32.4 Å². The Bertz CT molecular complexity index is 301. The van der Waals surface area contributed by atoms with Crippen LogP contribution in [-0.2, 0) is 6.42 Å². The highest BCUT2D eigenvalue weighted by atomic mass is 19.1. The Kier molecular flexibility index (Phi) is 4.72. The molecular formula is C12H18FNO. The highest BCUT2D eigenvalue weighted by Crippen LogP contribution is 2.06. The van der Waals surface area contributed by atoms with Gasteiger partial charge in [-0.25, -0.2) is 4.39 Å². The van der Waals surface area contributed by atoms with Gasteiger partial charge in [-0.2, -0.15) is 0 Å². The Morgan fingerprint density at radius 3 is 2.67 bits per heavy atom. The lowest BCUT2D eigenvalue weighted by molar-refractivity contribution is 0.234. The van der Waals surface area contributed by atoms with E-state index < -0.39 is 0 Å². The molecule has 0 aliphatic carbocycles. The minimum atomic E-state index is -0.228. The molecule has 15 heavy (non-hydrogen) atoms. The van der Waals surface area contributed by atoms with Gasteiger partial charge in [0.1, 0.15) is 5.82 Å². The zero-order valence-corrected chi connectivity index (χ0v) is 9.20. The summed E-state index contributed by atoms with van der Waals surface area (Å²) in [5.74, 6) is -0.228. The molecule has 1 rings (SSSR count). The van der Waals surface area contributed by atoms with E-state index in [1.165, 1.54) is 12.1 Å². The van der Waals surface area contributed by atoms with Crippen molar-refractivity contribution in [3.8, 4) is 0 Å². The maximum absolute atomic E-state index is 12.9. The van der Waals surface area contributed by atoms with Crippen LogP contribution in [0.25, 0.3) is 0 Å². The lowest BCUT2D eigenvalue weighted by atomic mass is 10.1. The van der Waals surface area contributed by atoms with Crippen molar-refractivity contribution < 1.29 is 9.50 Å². The summed E-state index contributed by atoms with van der Waals surface area (Å²) in [5, 5.41) is 12.4. The van der Waals surface area contributed by atoms with Crippen molar-refractivity contribution in [2.24, 2.45) is 0 Å². The van der Waals surface area contributed by atoms with Gasteiger partial charge >= 0.3 is 0 Å². The molecule has 0 aromatic heterocycles. The molecule has 2 nitrogen and oxygen atoms in total. The van der Waals surface area contributed by atoms with Gasteiger partial charge in [0.05, 0.1) is 6.61 Å². The van der Waals surface area contributed by atoms with Crippen molar-refractivity contribution in [3.63, 3.8) is 0 Å². The first-order chi connectivity index (χ1) is 7.11. The zero-order valence-electron chi connectivity index (χ0n) is 9.20. The standard InChI is InChI=1S/C12H18FNO/c1-9(2)14-12(8-15)7-10-4-3-5-11(13)6-10/h3-6,9,12,14-15H,7-8H2,1-2H3. The Balaban J connectivity index is 2.58. The van der Waals surface area contributed by atoms with E-state index in [0.717, 1.165) is 5.56 Å². The molecule has 0 aliphatic heterocycles. The van der Waals surface area contributed by atoms with E-state index in [-0.39, 0.29) is 18.5 Å². The molecule has 0 aliphatic rings. The summed E-state index contributed by atoms with van der Waals surface area (Å²) in [6.45, 7) is 4.11. The SMILES string of the molecule is CC(C)NC(CO)Cc1cccc(F)c1. The van der Waals surface area contributed by atoms with Gasteiger partial charge in [0.25, 0.3) is 0 Å². The van der Waals surface area contributed by atoms with Crippen molar-refractivity contribution >= 4 is 0 Å². The first-order valence-electron chi connectivity index (χ1n) is 5.23. The predicted molar refractivity (Wildman–Crippen MR) is 59.2 cm³/mol. The molecule has 0 saturated heterocycles. The number of hydrogen-bond donors (Lipinski definition) is 2. The van der Waals surface area contributed by atoms with Gasteiger partial charge < -0.3 is 10.4 Å². The van der Waals surface area contributed by atoms with Gasteiger partial charge in [0.2, 0.25) is 0 Å². The van der Waals surface area contributed by atoms with E-state index in [4.69, 9.17) is 5.11 Å². The Labute approximate surface area is 90.1 Å². The summed E-state index contributed by atoms with van der Waals surface area (Å²) < 4.78 is 12.9. The molecule has 3 heteroatoms. The highest BCUT2D eigenvalue weighted by molar-refractivity contribution is 5.17. The van der Waals surface area contributed by atoms with E-state index in [2.05, 4.69) is 5.32 Å². The van der Waals surface area contributed by atoms with E-state index in [1.54, 1.807) is 6.07 Å². The molecule has 0 heterocycles. The van der Waals surface area contributed by atoms with Crippen molar-refractivity contribution in [2.75, 3.05) is 6.61 Å².